The van der Waals surface area contributed by atoms with Crippen LogP contribution >= 0.6 is 0 Å². The zero-order chi connectivity index (χ0) is 16.8. The highest BCUT2D eigenvalue weighted by atomic mass is 32.2. The lowest BCUT2D eigenvalue weighted by Gasteiger charge is -2.08. The minimum atomic E-state index is -3.73. The Kier molecular flexibility index (Phi) is 3.91. The summed E-state index contributed by atoms with van der Waals surface area (Å²) in [4.78, 5) is 7.46. The first kappa shape index (κ1) is 16.0. The Hall–Kier alpha value is -1.90. The minimum absolute atomic E-state index is 0.0959. The van der Waals surface area contributed by atoms with Gasteiger partial charge in [0, 0.05) is 12.0 Å². The number of sulfone groups is 1. The SMILES string of the molecule is NC(=NC1=N[C@@H](c2cccc(F)c2F)C[C@H]1F)S(=O)(=O)C1CC1. The first-order valence-electron chi connectivity index (χ1n) is 7.04. The van der Waals surface area contributed by atoms with Gasteiger partial charge in [-0.25, -0.2) is 26.6 Å². The summed E-state index contributed by atoms with van der Waals surface area (Å²) in [5, 5.41) is -1.25. The van der Waals surface area contributed by atoms with Crippen LogP contribution in [0.3, 0.4) is 0 Å². The third-order valence-electron chi connectivity index (χ3n) is 3.82. The number of benzene rings is 1. The maximum atomic E-state index is 14.0. The number of hydrogen-bond acceptors (Lipinski definition) is 4. The van der Waals surface area contributed by atoms with Crippen molar-refractivity contribution in [2.75, 3.05) is 0 Å². The number of alkyl halides is 1. The van der Waals surface area contributed by atoms with Crippen molar-refractivity contribution in [2.24, 2.45) is 15.7 Å². The summed E-state index contributed by atoms with van der Waals surface area (Å²) < 4.78 is 64.8. The van der Waals surface area contributed by atoms with E-state index in [1.54, 1.807) is 0 Å². The molecule has 1 aliphatic carbocycles. The Morgan fingerprint density at radius 2 is 2.00 bits per heavy atom. The van der Waals surface area contributed by atoms with Crippen LogP contribution in [0.1, 0.15) is 30.9 Å². The van der Waals surface area contributed by atoms with Gasteiger partial charge in [0.15, 0.2) is 23.6 Å². The Balaban J connectivity index is 1.90. The van der Waals surface area contributed by atoms with Crippen LogP contribution in [0.5, 0.6) is 0 Å². The van der Waals surface area contributed by atoms with Gasteiger partial charge in [0.1, 0.15) is 0 Å². The molecule has 1 fully saturated rings. The molecule has 0 bridgehead atoms. The average molecular weight is 345 g/mol. The van der Waals surface area contributed by atoms with Crippen LogP contribution in [0, 0.1) is 11.6 Å². The van der Waals surface area contributed by atoms with Gasteiger partial charge < -0.3 is 5.73 Å². The van der Waals surface area contributed by atoms with Gasteiger partial charge in [-0.2, -0.15) is 0 Å². The normalized spacial score (nSPS) is 25.5. The second-order valence-corrected chi connectivity index (χ2v) is 7.72. The number of halogens is 3. The summed E-state index contributed by atoms with van der Waals surface area (Å²) in [5.41, 5.74) is 5.36. The monoisotopic (exact) mass is 345 g/mol. The first-order chi connectivity index (χ1) is 10.8. The lowest BCUT2D eigenvalue weighted by molar-refractivity contribution is 0.394. The largest absolute Gasteiger partial charge is 0.374 e. The van der Waals surface area contributed by atoms with Crippen molar-refractivity contribution < 1.29 is 21.6 Å². The lowest BCUT2D eigenvalue weighted by Crippen LogP contribution is -2.29. The Bertz CT molecular complexity index is 803. The molecule has 2 N–H and O–H groups in total. The number of hydrogen-bond donors (Lipinski definition) is 1. The molecule has 2 aliphatic rings. The molecule has 0 saturated heterocycles. The molecule has 5 nitrogen and oxygen atoms in total. The maximum Gasteiger partial charge on any atom is 0.220 e. The van der Waals surface area contributed by atoms with Crippen LogP contribution in [0.25, 0.3) is 0 Å². The zero-order valence-electron chi connectivity index (χ0n) is 11.9. The van der Waals surface area contributed by atoms with E-state index in [4.69, 9.17) is 5.73 Å². The molecule has 0 unspecified atom stereocenters. The standard InChI is InChI=1S/C14H14F3N3O2S/c15-9-3-1-2-8(12(9)17)11-6-10(16)13(19-11)20-14(18)23(21,22)7-4-5-7/h1-3,7,10-11H,4-6H2,(H2,18,19,20)/t10-,11-/m1/s1. The van der Waals surface area contributed by atoms with E-state index in [0.29, 0.717) is 12.8 Å². The Morgan fingerprint density at radius 3 is 2.65 bits per heavy atom. The van der Waals surface area contributed by atoms with Crippen molar-refractivity contribution in [1.29, 1.82) is 0 Å². The van der Waals surface area contributed by atoms with Crippen LogP contribution in [0.4, 0.5) is 13.2 Å². The molecular weight excluding hydrogens is 331 g/mol. The van der Waals surface area contributed by atoms with Crippen LogP contribution < -0.4 is 5.73 Å². The van der Waals surface area contributed by atoms with Gasteiger partial charge >= 0.3 is 0 Å². The fourth-order valence-electron chi connectivity index (χ4n) is 2.39. The van der Waals surface area contributed by atoms with Crippen molar-refractivity contribution >= 4 is 20.8 Å². The highest BCUT2D eigenvalue weighted by Gasteiger charge is 2.39. The molecule has 0 aromatic heterocycles. The maximum absolute atomic E-state index is 14.0. The number of nitrogens with two attached hydrogens (primary N) is 1. The topological polar surface area (TPSA) is 84.9 Å². The molecule has 1 saturated carbocycles. The van der Waals surface area contributed by atoms with Gasteiger partial charge in [0.05, 0.1) is 11.3 Å². The molecule has 1 aromatic rings. The van der Waals surface area contributed by atoms with Gasteiger partial charge in [0.2, 0.25) is 15.0 Å². The third-order valence-corrected chi connectivity index (χ3v) is 5.84. The minimum Gasteiger partial charge on any atom is -0.374 e. The van der Waals surface area contributed by atoms with E-state index < -0.39 is 49.9 Å². The molecule has 0 spiro atoms. The molecule has 1 aliphatic heterocycles. The molecular formula is C14H14F3N3O2S. The van der Waals surface area contributed by atoms with E-state index >= 15 is 0 Å². The molecule has 3 rings (SSSR count). The molecule has 124 valence electrons. The summed E-state index contributed by atoms with van der Waals surface area (Å²) in [5.74, 6) is -2.56. The van der Waals surface area contributed by atoms with Crippen molar-refractivity contribution in [3.63, 3.8) is 0 Å². The smallest absolute Gasteiger partial charge is 0.220 e. The quantitative estimate of drug-likeness (QED) is 0.657. The molecule has 0 amide bonds. The van der Waals surface area contributed by atoms with Crippen molar-refractivity contribution in [1.82, 2.24) is 0 Å². The third kappa shape index (κ3) is 2.97. The van der Waals surface area contributed by atoms with Crippen molar-refractivity contribution in [3.05, 3.63) is 35.4 Å². The second kappa shape index (κ2) is 5.63. The molecule has 0 radical (unpaired) electrons. The van der Waals surface area contributed by atoms with E-state index in [2.05, 4.69) is 9.98 Å². The lowest BCUT2D eigenvalue weighted by atomic mass is 10.0. The second-order valence-electron chi connectivity index (χ2n) is 5.54. The predicted molar refractivity (Wildman–Crippen MR) is 79.6 cm³/mol. The van der Waals surface area contributed by atoms with Gasteiger partial charge in [-0.15, -0.1) is 0 Å². The van der Waals surface area contributed by atoms with E-state index in [1.165, 1.54) is 12.1 Å². The Labute approximate surface area is 131 Å². The summed E-state index contributed by atoms with van der Waals surface area (Å²) >= 11 is 0. The van der Waals surface area contributed by atoms with Crippen LogP contribution in [-0.2, 0) is 9.84 Å². The number of amidine groups is 2. The molecule has 2 atom stereocenters. The van der Waals surface area contributed by atoms with Crippen molar-refractivity contribution in [2.45, 2.75) is 36.7 Å². The number of rotatable bonds is 2. The predicted octanol–water partition coefficient (Wildman–Crippen LogP) is 2.04. The average Bonchev–Trinajstić information content (AvgIpc) is 3.28. The highest BCUT2D eigenvalue weighted by Crippen LogP contribution is 2.34. The zero-order valence-corrected chi connectivity index (χ0v) is 12.7. The molecule has 1 heterocycles. The van der Waals surface area contributed by atoms with E-state index in [-0.39, 0.29) is 12.0 Å². The van der Waals surface area contributed by atoms with Gasteiger partial charge in [-0.05, 0) is 18.9 Å². The van der Waals surface area contributed by atoms with E-state index in [1.807, 2.05) is 0 Å². The summed E-state index contributed by atoms with van der Waals surface area (Å²) in [6.45, 7) is 0. The van der Waals surface area contributed by atoms with Crippen LogP contribution in [0.2, 0.25) is 0 Å². The van der Waals surface area contributed by atoms with Crippen molar-refractivity contribution in [3.8, 4) is 0 Å². The molecule has 9 heteroatoms. The van der Waals surface area contributed by atoms with Gasteiger partial charge in [0.25, 0.3) is 0 Å². The summed E-state index contributed by atoms with van der Waals surface area (Å²) in [6, 6.07) is 2.58. The highest BCUT2D eigenvalue weighted by molar-refractivity contribution is 8.07. The Morgan fingerprint density at radius 1 is 1.30 bits per heavy atom. The van der Waals surface area contributed by atoms with E-state index in [0.717, 1.165) is 6.07 Å². The molecule has 23 heavy (non-hydrogen) atoms. The number of nitrogens with zero attached hydrogens (tertiary/aromatic N) is 2. The van der Waals surface area contributed by atoms with Gasteiger partial charge in [-0.3, -0.25) is 4.99 Å². The fourth-order valence-corrected chi connectivity index (χ4v) is 3.71. The van der Waals surface area contributed by atoms with Gasteiger partial charge in [-0.1, -0.05) is 12.1 Å². The number of aliphatic imine (C=N–C) groups is 2. The van der Waals surface area contributed by atoms with Crippen LogP contribution in [0.15, 0.2) is 28.2 Å². The molecule has 1 aromatic carbocycles. The summed E-state index contributed by atoms with van der Waals surface area (Å²) in [6.07, 6.45) is -0.922. The fraction of sp³-hybridized carbons (Fsp3) is 0.429. The summed E-state index contributed by atoms with van der Waals surface area (Å²) in [7, 11) is -3.73. The first-order valence-corrected chi connectivity index (χ1v) is 8.59. The van der Waals surface area contributed by atoms with Crippen LogP contribution in [-0.4, -0.2) is 30.8 Å². The van der Waals surface area contributed by atoms with E-state index in [9.17, 15) is 21.6 Å².